The summed E-state index contributed by atoms with van der Waals surface area (Å²) in [6.07, 6.45) is 2.79. The summed E-state index contributed by atoms with van der Waals surface area (Å²) >= 11 is 0. The summed E-state index contributed by atoms with van der Waals surface area (Å²) < 4.78 is 23.6. The van der Waals surface area contributed by atoms with Gasteiger partial charge < -0.3 is 10.6 Å². The molecule has 1 unspecified atom stereocenters. The van der Waals surface area contributed by atoms with Crippen LogP contribution in [-0.2, 0) is 14.6 Å². The number of hydrogen-bond donors (Lipinski definition) is 1. The summed E-state index contributed by atoms with van der Waals surface area (Å²) in [7, 11) is -3.22. The molecule has 2 rings (SSSR count). The maximum absolute atomic E-state index is 12.1. The lowest BCUT2D eigenvalue weighted by Gasteiger charge is -2.48. The second-order valence-corrected chi connectivity index (χ2v) is 7.56. The van der Waals surface area contributed by atoms with Crippen molar-refractivity contribution in [3.63, 3.8) is 0 Å². The monoisotopic (exact) mass is 260 g/mol. The van der Waals surface area contributed by atoms with Crippen molar-refractivity contribution < 1.29 is 13.2 Å². The second-order valence-electron chi connectivity index (χ2n) is 5.26. The molecule has 0 bridgehead atoms. The van der Waals surface area contributed by atoms with E-state index in [9.17, 15) is 13.2 Å². The Hall–Kier alpha value is -0.620. The summed E-state index contributed by atoms with van der Waals surface area (Å²) in [5.41, 5.74) is 5.69. The summed E-state index contributed by atoms with van der Waals surface area (Å²) in [4.78, 5) is 13.7. The van der Waals surface area contributed by atoms with Gasteiger partial charge in [-0.05, 0) is 19.3 Å². The van der Waals surface area contributed by atoms with Crippen LogP contribution in [0.15, 0.2) is 0 Å². The van der Waals surface area contributed by atoms with Gasteiger partial charge in [-0.3, -0.25) is 4.79 Å². The van der Waals surface area contributed by atoms with Crippen LogP contribution in [0.4, 0.5) is 0 Å². The molecule has 0 spiro atoms. The molecule has 1 amide bonds. The molecule has 2 heterocycles. The number of rotatable bonds is 2. The van der Waals surface area contributed by atoms with E-state index in [1.54, 1.807) is 4.90 Å². The van der Waals surface area contributed by atoms with Crippen LogP contribution in [0, 0.1) is 0 Å². The molecule has 6 heteroatoms. The highest BCUT2D eigenvalue weighted by Crippen LogP contribution is 2.27. The molecular weight excluding hydrogens is 240 g/mol. The van der Waals surface area contributed by atoms with E-state index in [2.05, 4.69) is 0 Å². The summed E-state index contributed by atoms with van der Waals surface area (Å²) in [6, 6.07) is 0. The van der Waals surface area contributed by atoms with Gasteiger partial charge in [-0.1, -0.05) is 13.3 Å². The van der Waals surface area contributed by atoms with Crippen molar-refractivity contribution in [1.29, 1.82) is 0 Å². The molecule has 0 radical (unpaired) electrons. The van der Waals surface area contributed by atoms with E-state index in [1.165, 1.54) is 0 Å². The SMILES string of the molecule is CCC1(N)CN(C(=O)C2CCCCS2(=O)=O)C1. The van der Waals surface area contributed by atoms with Gasteiger partial charge in [-0.15, -0.1) is 0 Å². The number of likely N-dealkylation sites (tertiary alicyclic amines) is 1. The number of carbonyl (C=O) groups excluding carboxylic acids is 1. The first-order valence-electron chi connectivity index (χ1n) is 6.17. The van der Waals surface area contributed by atoms with Gasteiger partial charge in [0.05, 0.1) is 11.3 Å². The van der Waals surface area contributed by atoms with Crippen LogP contribution < -0.4 is 5.73 Å². The molecule has 1 atom stereocenters. The van der Waals surface area contributed by atoms with E-state index in [-0.39, 0.29) is 17.2 Å². The lowest BCUT2D eigenvalue weighted by Crippen LogP contribution is -2.70. The number of carbonyl (C=O) groups is 1. The molecule has 2 saturated heterocycles. The first-order chi connectivity index (χ1) is 7.88. The molecule has 0 aromatic rings. The Balaban J connectivity index is 2.02. The van der Waals surface area contributed by atoms with Crippen LogP contribution in [-0.4, -0.2) is 48.9 Å². The summed E-state index contributed by atoms with van der Waals surface area (Å²) in [5, 5.41) is -0.808. The van der Waals surface area contributed by atoms with E-state index in [0.717, 1.165) is 12.8 Å². The third-order valence-corrected chi connectivity index (χ3v) is 6.04. The smallest absolute Gasteiger partial charge is 0.241 e. The van der Waals surface area contributed by atoms with Crippen molar-refractivity contribution in [1.82, 2.24) is 4.90 Å². The first-order valence-corrected chi connectivity index (χ1v) is 7.89. The zero-order valence-electron chi connectivity index (χ0n) is 10.2. The maximum Gasteiger partial charge on any atom is 0.241 e. The van der Waals surface area contributed by atoms with Gasteiger partial charge in [0.25, 0.3) is 0 Å². The van der Waals surface area contributed by atoms with E-state index in [1.807, 2.05) is 6.92 Å². The van der Waals surface area contributed by atoms with Crippen LogP contribution in [0.1, 0.15) is 32.6 Å². The zero-order chi connectivity index (χ0) is 12.7. The fourth-order valence-electron chi connectivity index (χ4n) is 2.53. The topological polar surface area (TPSA) is 80.5 Å². The van der Waals surface area contributed by atoms with Gasteiger partial charge in [-0.25, -0.2) is 8.42 Å². The molecule has 2 aliphatic rings. The van der Waals surface area contributed by atoms with Crippen LogP contribution >= 0.6 is 0 Å². The Bertz CT molecular complexity index is 412. The third-order valence-electron chi connectivity index (χ3n) is 3.88. The Labute approximate surface area is 102 Å². The van der Waals surface area contributed by atoms with E-state index in [0.29, 0.717) is 25.9 Å². The normalized spacial score (nSPS) is 30.7. The van der Waals surface area contributed by atoms with Gasteiger partial charge in [0, 0.05) is 13.1 Å². The average molecular weight is 260 g/mol. The number of nitrogens with two attached hydrogens (primary N) is 1. The zero-order valence-corrected chi connectivity index (χ0v) is 11.0. The molecule has 2 N–H and O–H groups in total. The van der Waals surface area contributed by atoms with Crippen molar-refractivity contribution in [2.45, 2.75) is 43.4 Å². The average Bonchev–Trinajstić information content (AvgIpc) is 2.23. The van der Waals surface area contributed by atoms with Gasteiger partial charge in [0.15, 0.2) is 9.84 Å². The fraction of sp³-hybridized carbons (Fsp3) is 0.909. The number of amides is 1. The fourth-order valence-corrected chi connectivity index (χ4v) is 4.40. The second kappa shape index (κ2) is 4.24. The minimum atomic E-state index is -3.22. The van der Waals surface area contributed by atoms with Crippen LogP contribution in [0.5, 0.6) is 0 Å². The van der Waals surface area contributed by atoms with Crippen molar-refractivity contribution in [2.75, 3.05) is 18.8 Å². The molecule has 0 aliphatic carbocycles. The molecule has 0 saturated carbocycles. The molecular formula is C11H20N2O3S. The van der Waals surface area contributed by atoms with E-state index >= 15 is 0 Å². The van der Waals surface area contributed by atoms with Gasteiger partial charge in [-0.2, -0.15) is 0 Å². The highest BCUT2D eigenvalue weighted by Gasteiger charge is 2.45. The highest BCUT2D eigenvalue weighted by molar-refractivity contribution is 7.92. The van der Waals surface area contributed by atoms with Crippen molar-refractivity contribution in [3.05, 3.63) is 0 Å². The number of hydrogen-bond acceptors (Lipinski definition) is 4. The first kappa shape index (κ1) is 12.8. The Morgan fingerprint density at radius 2 is 2.06 bits per heavy atom. The predicted molar refractivity (Wildman–Crippen MR) is 65.2 cm³/mol. The highest BCUT2D eigenvalue weighted by atomic mass is 32.2. The molecule has 2 fully saturated rings. The van der Waals surface area contributed by atoms with Gasteiger partial charge in [0.2, 0.25) is 5.91 Å². The number of sulfone groups is 1. The molecule has 17 heavy (non-hydrogen) atoms. The van der Waals surface area contributed by atoms with Crippen molar-refractivity contribution in [3.8, 4) is 0 Å². The van der Waals surface area contributed by atoms with Crippen LogP contribution in [0.25, 0.3) is 0 Å². The predicted octanol–water partition coefficient (Wildman–Crippen LogP) is -0.0966. The molecule has 0 aromatic heterocycles. The largest absolute Gasteiger partial charge is 0.338 e. The standard InChI is InChI=1S/C11H20N2O3S/c1-2-11(12)7-13(8-11)10(14)9-5-3-4-6-17(9,15)16/h9H,2-8,12H2,1H3. The van der Waals surface area contributed by atoms with E-state index in [4.69, 9.17) is 5.73 Å². The molecule has 98 valence electrons. The Kier molecular flexibility index (Phi) is 3.20. The van der Waals surface area contributed by atoms with E-state index < -0.39 is 15.1 Å². The third kappa shape index (κ3) is 2.33. The van der Waals surface area contributed by atoms with Crippen LogP contribution in [0.2, 0.25) is 0 Å². The molecule has 2 aliphatic heterocycles. The van der Waals surface area contributed by atoms with Crippen molar-refractivity contribution >= 4 is 15.7 Å². The van der Waals surface area contributed by atoms with Crippen molar-refractivity contribution in [2.24, 2.45) is 5.73 Å². The quantitative estimate of drug-likeness (QED) is 0.752. The Morgan fingerprint density at radius 3 is 2.59 bits per heavy atom. The summed E-state index contributed by atoms with van der Waals surface area (Å²) in [5.74, 6) is -0.0852. The lowest BCUT2D eigenvalue weighted by molar-refractivity contribution is -0.138. The Morgan fingerprint density at radius 1 is 1.41 bits per heavy atom. The minimum Gasteiger partial charge on any atom is -0.338 e. The molecule has 5 nitrogen and oxygen atoms in total. The lowest BCUT2D eigenvalue weighted by atomic mass is 9.88. The van der Waals surface area contributed by atoms with Gasteiger partial charge in [0.1, 0.15) is 5.25 Å². The molecule has 0 aromatic carbocycles. The number of nitrogens with zero attached hydrogens (tertiary/aromatic N) is 1. The van der Waals surface area contributed by atoms with Gasteiger partial charge >= 0.3 is 0 Å². The van der Waals surface area contributed by atoms with Crippen LogP contribution in [0.3, 0.4) is 0 Å². The minimum absolute atomic E-state index is 0.152. The summed E-state index contributed by atoms with van der Waals surface area (Å²) in [6.45, 7) is 2.97. The maximum atomic E-state index is 12.1.